The first kappa shape index (κ1) is 19.3. The summed E-state index contributed by atoms with van der Waals surface area (Å²) in [5.74, 6) is -1.17. The molecular weight excluding hydrogens is 388 g/mol. The first-order valence-electron chi connectivity index (χ1n) is 9.21. The molecule has 0 spiro atoms. The van der Waals surface area contributed by atoms with Gasteiger partial charge in [-0.3, -0.25) is 15.2 Å². The van der Waals surface area contributed by atoms with Gasteiger partial charge in [0.25, 0.3) is 0 Å². The predicted octanol–water partition coefficient (Wildman–Crippen LogP) is 3.00. The molecular formula is C22H17F2N5O. The monoisotopic (exact) mass is 405 g/mol. The number of hydrogen-bond donors (Lipinski definition) is 2. The highest BCUT2D eigenvalue weighted by molar-refractivity contribution is 6.45. The highest BCUT2D eigenvalue weighted by Gasteiger charge is 2.32. The van der Waals surface area contributed by atoms with Gasteiger partial charge in [-0.25, -0.2) is 13.8 Å². The van der Waals surface area contributed by atoms with Gasteiger partial charge < -0.3 is 5.32 Å². The third-order valence-corrected chi connectivity index (χ3v) is 4.79. The van der Waals surface area contributed by atoms with Gasteiger partial charge >= 0.3 is 0 Å². The Morgan fingerprint density at radius 3 is 2.70 bits per heavy atom. The number of amidine groups is 1. The molecule has 4 rings (SSSR count). The number of aliphatic imine (C=N–C) groups is 1. The summed E-state index contributed by atoms with van der Waals surface area (Å²) in [7, 11) is 0. The van der Waals surface area contributed by atoms with Gasteiger partial charge in [0.2, 0.25) is 5.78 Å². The summed E-state index contributed by atoms with van der Waals surface area (Å²) in [6, 6.07) is 12.4. The fourth-order valence-electron chi connectivity index (χ4n) is 3.30. The molecule has 0 radical (unpaired) electrons. The summed E-state index contributed by atoms with van der Waals surface area (Å²) < 4.78 is 27.9. The van der Waals surface area contributed by atoms with Gasteiger partial charge in [0, 0.05) is 24.3 Å². The number of benzene rings is 2. The number of carbonyl (C=O) groups excluding carboxylic acids is 1. The zero-order valence-electron chi connectivity index (χ0n) is 16.0. The van der Waals surface area contributed by atoms with E-state index in [-0.39, 0.29) is 23.7 Å². The van der Waals surface area contributed by atoms with E-state index in [9.17, 15) is 13.6 Å². The average molecular weight is 405 g/mol. The second kappa shape index (κ2) is 7.79. The van der Waals surface area contributed by atoms with E-state index in [2.05, 4.69) is 21.8 Å². The minimum Gasteiger partial charge on any atom is -0.366 e. The first-order chi connectivity index (χ1) is 14.5. The molecule has 0 unspecified atom stereocenters. The van der Waals surface area contributed by atoms with Gasteiger partial charge in [0.15, 0.2) is 5.84 Å². The number of halogens is 2. The van der Waals surface area contributed by atoms with Crippen LogP contribution in [0.3, 0.4) is 0 Å². The summed E-state index contributed by atoms with van der Waals surface area (Å²) in [5, 5.41) is 13.4. The maximum Gasteiger partial charge on any atom is 0.226 e. The van der Waals surface area contributed by atoms with Crippen molar-refractivity contribution in [1.29, 1.82) is 5.26 Å². The maximum atomic E-state index is 14.5. The van der Waals surface area contributed by atoms with Crippen LogP contribution in [0.4, 0.5) is 8.78 Å². The zero-order chi connectivity index (χ0) is 21.3. The molecule has 0 bridgehead atoms. The minimum absolute atomic E-state index is 0.142. The quantitative estimate of drug-likeness (QED) is 0.818. The molecule has 8 heteroatoms. The summed E-state index contributed by atoms with van der Waals surface area (Å²) in [6.07, 6.45) is 1.39. The molecule has 2 heterocycles. The Labute approximate surface area is 171 Å². The van der Waals surface area contributed by atoms with Crippen molar-refractivity contribution in [3.63, 3.8) is 0 Å². The Balaban J connectivity index is 1.59. The highest BCUT2D eigenvalue weighted by atomic mass is 19.1. The lowest BCUT2D eigenvalue weighted by Crippen LogP contribution is -2.52. The average Bonchev–Trinajstić information content (AvgIpc) is 2.73. The molecule has 0 atom stereocenters. The second-order valence-electron chi connectivity index (χ2n) is 6.92. The van der Waals surface area contributed by atoms with Crippen LogP contribution in [-0.2, 0) is 11.3 Å². The van der Waals surface area contributed by atoms with Crippen LogP contribution in [0.15, 0.2) is 64.9 Å². The van der Waals surface area contributed by atoms with E-state index in [1.54, 1.807) is 19.1 Å². The number of hydrogen-bond acceptors (Lipinski definition) is 6. The van der Waals surface area contributed by atoms with Crippen molar-refractivity contribution in [2.75, 3.05) is 6.54 Å². The summed E-state index contributed by atoms with van der Waals surface area (Å²) in [4.78, 5) is 16.9. The van der Waals surface area contributed by atoms with E-state index in [0.717, 1.165) is 17.2 Å². The normalized spacial score (nSPS) is 15.7. The van der Waals surface area contributed by atoms with E-state index >= 15 is 0 Å². The Kier molecular flexibility index (Phi) is 5.02. The number of rotatable bonds is 4. The molecule has 0 aliphatic carbocycles. The number of nitrogens with zero attached hydrogens (tertiary/aromatic N) is 3. The van der Waals surface area contributed by atoms with Crippen molar-refractivity contribution >= 4 is 17.3 Å². The van der Waals surface area contributed by atoms with Crippen LogP contribution in [0.25, 0.3) is 5.70 Å². The van der Waals surface area contributed by atoms with Gasteiger partial charge in [-0.1, -0.05) is 12.1 Å². The van der Waals surface area contributed by atoms with E-state index in [0.29, 0.717) is 23.6 Å². The molecule has 0 amide bonds. The van der Waals surface area contributed by atoms with Gasteiger partial charge in [-0.15, -0.1) is 0 Å². The fraction of sp³-hybridized carbons (Fsp3) is 0.136. The molecule has 6 nitrogen and oxygen atoms in total. The number of ketones is 1. The molecule has 150 valence electrons. The standard InChI is InChI=1S/C22H17F2N5O/c1-13-11-27-22-19(30)9-20(26-12-15-4-2-14(10-25)3-5-15)28-29(22)21(13)17-7-6-16(23)8-18(17)24/h2-9,26,28H,11-12H2,1H3. The zero-order valence-corrected chi connectivity index (χ0v) is 16.0. The molecule has 0 aromatic heterocycles. The lowest BCUT2D eigenvalue weighted by Gasteiger charge is -2.36. The molecule has 0 saturated carbocycles. The minimum atomic E-state index is -0.721. The van der Waals surface area contributed by atoms with Crippen molar-refractivity contribution in [1.82, 2.24) is 15.8 Å². The Morgan fingerprint density at radius 1 is 1.23 bits per heavy atom. The summed E-state index contributed by atoms with van der Waals surface area (Å²) in [6.45, 7) is 2.43. The molecule has 2 aliphatic heterocycles. The predicted molar refractivity (Wildman–Crippen MR) is 107 cm³/mol. The Bertz CT molecular complexity index is 1160. The lowest BCUT2D eigenvalue weighted by atomic mass is 10.0. The van der Waals surface area contributed by atoms with E-state index in [1.807, 2.05) is 12.1 Å². The Morgan fingerprint density at radius 2 is 2.00 bits per heavy atom. The van der Waals surface area contributed by atoms with Crippen LogP contribution in [0.1, 0.15) is 23.6 Å². The van der Waals surface area contributed by atoms with E-state index < -0.39 is 11.6 Å². The molecule has 0 fully saturated rings. The SMILES string of the molecule is CC1=C(c2ccc(F)cc2F)N2NC(NCc3ccc(C#N)cc3)=CC(=O)C2=NC1. The van der Waals surface area contributed by atoms with Crippen molar-refractivity contribution in [2.45, 2.75) is 13.5 Å². The number of carbonyl (C=O) groups is 1. The lowest BCUT2D eigenvalue weighted by molar-refractivity contribution is -0.110. The van der Waals surface area contributed by atoms with Crippen LogP contribution in [0.2, 0.25) is 0 Å². The molecule has 2 N–H and O–H groups in total. The topological polar surface area (TPSA) is 80.5 Å². The molecule has 30 heavy (non-hydrogen) atoms. The molecule has 2 aromatic rings. The number of fused-ring (bicyclic) bond motifs is 1. The Hall–Kier alpha value is -3.99. The van der Waals surface area contributed by atoms with E-state index in [4.69, 9.17) is 5.26 Å². The first-order valence-corrected chi connectivity index (χ1v) is 9.21. The van der Waals surface area contributed by atoms with E-state index in [1.165, 1.54) is 23.2 Å². The third-order valence-electron chi connectivity index (χ3n) is 4.79. The van der Waals surface area contributed by atoms with Crippen LogP contribution in [0, 0.1) is 23.0 Å². The van der Waals surface area contributed by atoms with Crippen LogP contribution in [-0.4, -0.2) is 23.2 Å². The highest BCUT2D eigenvalue weighted by Crippen LogP contribution is 2.30. The van der Waals surface area contributed by atoms with Gasteiger partial charge in [0.1, 0.15) is 17.5 Å². The summed E-state index contributed by atoms with van der Waals surface area (Å²) in [5.41, 5.74) is 5.87. The fourth-order valence-corrected chi connectivity index (χ4v) is 3.30. The van der Waals surface area contributed by atoms with Crippen molar-refractivity contribution in [3.8, 4) is 6.07 Å². The second-order valence-corrected chi connectivity index (χ2v) is 6.92. The number of nitriles is 1. The van der Waals surface area contributed by atoms with Crippen LogP contribution < -0.4 is 10.7 Å². The third kappa shape index (κ3) is 3.65. The largest absolute Gasteiger partial charge is 0.366 e. The number of hydrazine groups is 1. The van der Waals surface area contributed by atoms with Crippen LogP contribution >= 0.6 is 0 Å². The molecule has 0 saturated heterocycles. The van der Waals surface area contributed by atoms with Gasteiger partial charge in [0.05, 0.1) is 23.9 Å². The van der Waals surface area contributed by atoms with Gasteiger partial charge in [-0.05, 0) is 42.3 Å². The molecule has 2 aliphatic rings. The van der Waals surface area contributed by atoms with Crippen molar-refractivity contribution < 1.29 is 13.6 Å². The molecule has 2 aromatic carbocycles. The van der Waals surface area contributed by atoms with Crippen LogP contribution in [0.5, 0.6) is 0 Å². The maximum absolute atomic E-state index is 14.5. The van der Waals surface area contributed by atoms with Crippen molar-refractivity contribution in [3.05, 3.63) is 88.3 Å². The summed E-state index contributed by atoms with van der Waals surface area (Å²) >= 11 is 0. The van der Waals surface area contributed by atoms with Crippen molar-refractivity contribution in [2.24, 2.45) is 4.99 Å². The van der Waals surface area contributed by atoms with Gasteiger partial charge in [-0.2, -0.15) is 5.26 Å². The number of nitrogens with one attached hydrogen (secondary N) is 2. The smallest absolute Gasteiger partial charge is 0.226 e.